The molecule has 40 heavy (non-hydrogen) atoms. The number of benzene rings is 1. The molecule has 0 amide bonds. The molecule has 0 aliphatic heterocycles. The molecule has 206 valence electrons. The van der Waals surface area contributed by atoms with Crippen LogP contribution in [0.4, 0.5) is 13.2 Å². The number of ether oxygens (including phenoxy) is 1. The van der Waals surface area contributed by atoms with Crippen molar-refractivity contribution < 1.29 is 22.7 Å². The van der Waals surface area contributed by atoms with Crippen molar-refractivity contribution in [3.05, 3.63) is 93.5 Å². The second-order valence-corrected chi connectivity index (χ2v) is 9.21. The smallest absolute Gasteiger partial charge is 0.416 e. The Kier molecular flexibility index (Phi) is 7.39. The third kappa shape index (κ3) is 5.59. The number of alkyl halides is 3. The molecule has 1 unspecified atom stereocenters. The van der Waals surface area contributed by atoms with Gasteiger partial charge in [-0.1, -0.05) is 25.5 Å². The largest absolute Gasteiger partial charge is 0.438 e. The molecule has 5 aromatic rings. The molecular formula is C26H21ClF3N7O3. The van der Waals surface area contributed by atoms with Crippen molar-refractivity contribution in [2.75, 3.05) is 0 Å². The highest BCUT2D eigenvalue weighted by Crippen LogP contribution is 2.31. The lowest BCUT2D eigenvalue weighted by Crippen LogP contribution is -2.22. The third-order valence-corrected chi connectivity index (χ3v) is 6.16. The number of H-pyrrole nitrogens is 1. The van der Waals surface area contributed by atoms with E-state index in [1.54, 1.807) is 24.4 Å². The summed E-state index contributed by atoms with van der Waals surface area (Å²) in [6.45, 7) is 1.93. The van der Waals surface area contributed by atoms with Crippen molar-refractivity contribution in [3.63, 3.8) is 0 Å². The molecule has 0 saturated carbocycles. The first-order chi connectivity index (χ1) is 19.1. The number of imidazole rings is 1. The van der Waals surface area contributed by atoms with E-state index in [-0.39, 0.29) is 34.4 Å². The molecule has 1 aromatic carbocycles. The number of aromatic nitrogens is 7. The van der Waals surface area contributed by atoms with E-state index in [2.05, 4.69) is 25.0 Å². The van der Waals surface area contributed by atoms with Gasteiger partial charge < -0.3 is 4.74 Å². The van der Waals surface area contributed by atoms with Crippen LogP contribution in [0.5, 0.6) is 0 Å². The number of aromatic amines is 1. The van der Waals surface area contributed by atoms with E-state index in [1.807, 2.05) is 6.92 Å². The number of pyridine rings is 1. The summed E-state index contributed by atoms with van der Waals surface area (Å²) in [6, 6.07) is 8.09. The average molecular weight is 572 g/mol. The average Bonchev–Trinajstić information content (AvgIpc) is 3.53. The SMILES string of the molecule is CCCC(OC(=O)c1cccnc1)n1c(-c2cnn(Cc3cccc(C(F)(F)F)c3)c2)nc2nc(Cl)[nH]c(=O)c21. The molecule has 1 N–H and O–H groups in total. The predicted octanol–water partition coefficient (Wildman–Crippen LogP) is 5.25. The molecule has 0 bridgehead atoms. The molecule has 1 atom stereocenters. The van der Waals surface area contributed by atoms with E-state index in [0.717, 1.165) is 12.1 Å². The van der Waals surface area contributed by atoms with Crippen molar-refractivity contribution in [3.8, 4) is 11.4 Å². The Morgan fingerprint density at radius 1 is 1.18 bits per heavy atom. The van der Waals surface area contributed by atoms with Crippen LogP contribution in [0.2, 0.25) is 5.28 Å². The summed E-state index contributed by atoms with van der Waals surface area (Å²) in [5.74, 6) is -0.444. The first-order valence-corrected chi connectivity index (χ1v) is 12.5. The van der Waals surface area contributed by atoms with Gasteiger partial charge in [0.1, 0.15) is 5.82 Å². The molecule has 4 heterocycles. The van der Waals surface area contributed by atoms with Gasteiger partial charge in [-0.15, -0.1) is 0 Å². The number of fused-ring (bicyclic) bond motifs is 1. The Morgan fingerprint density at radius 3 is 2.73 bits per heavy atom. The Morgan fingerprint density at radius 2 is 2.00 bits per heavy atom. The maximum Gasteiger partial charge on any atom is 0.416 e. The minimum atomic E-state index is -4.47. The van der Waals surface area contributed by atoms with Crippen molar-refractivity contribution in [1.82, 2.24) is 34.3 Å². The number of halogens is 4. The number of nitrogens with zero attached hydrogens (tertiary/aromatic N) is 6. The lowest BCUT2D eigenvalue weighted by molar-refractivity contribution is -0.137. The van der Waals surface area contributed by atoms with Crippen molar-refractivity contribution in [2.24, 2.45) is 0 Å². The highest BCUT2D eigenvalue weighted by Gasteiger charge is 2.30. The van der Waals surface area contributed by atoms with Crippen LogP contribution in [-0.4, -0.2) is 40.3 Å². The summed E-state index contributed by atoms with van der Waals surface area (Å²) in [5.41, 5.74) is -0.284. The fraction of sp³-hybridized carbons (Fsp3) is 0.231. The summed E-state index contributed by atoms with van der Waals surface area (Å²) in [7, 11) is 0. The minimum absolute atomic E-state index is 0.0212. The molecule has 4 aromatic heterocycles. The molecule has 0 saturated heterocycles. The van der Waals surface area contributed by atoms with E-state index in [4.69, 9.17) is 16.3 Å². The zero-order valence-corrected chi connectivity index (χ0v) is 21.6. The van der Waals surface area contributed by atoms with Crippen LogP contribution >= 0.6 is 11.6 Å². The normalized spacial score (nSPS) is 12.5. The summed E-state index contributed by atoms with van der Waals surface area (Å²) in [6.07, 6.45) is 1.38. The number of nitrogens with one attached hydrogen (secondary N) is 1. The molecular weight excluding hydrogens is 551 g/mol. The molecule has 10 nitrogen and oxygen atoms in total. The molecule has 0 radical (unpaired) electrons. The zero-order chi connectivity index (χ0) is 28.4. The Labute approximate surface area is 229 Å². The van der Waals surface area contributed by atoms with Gasteiger partial charge in [0, 0.05) is 25.0 Å². The maximum absolute atomic E-state index is 13.2. The monoisotopic (exact) mass is 571 g/mol. The van der Waals surface area contributed by atoms with Gasteiger partial charge in [0.15, 0.2) is 17.4 Å². The standard InChI is InChI=1S/C26H21ClF3N7O3/c1-2-5-19(40-24(39)16-7-4-9-31-11-16)37-20-21(34-25(27)35-23(20)38)33-22(37)17-12-32-36(14-17)13-15-6-3-8-18(10-15)26(28,29)30/h3-4,6-12,14,19H,2,5,13H2,1H3,(H,34,35,38). The second-order valence-electron chi connectivity index (χ2n) is 8.85. The van der Waals surface area contributed by atoms with E-state index in [9.17, 15) is 22.8 Å². The van der Waals surface area contributed by atoms with Gasteiger partial charge in [-0.25, -0.2) is 9.78 Å². The fourth-order valence-corrected chi connectivity index (χ4v) is 4.39. The first-order valence-electron chi connectivity index (χ1n) is 12.1. The van der Waals surface area contributed by atoms with Gasteiger partial charge in [0.2, 0.25) is 5.28 Å². The molecule has 0 spiro atoms. The van der Waals surface area contributed by atoms with Crippen LogP contribution < -0.4 is 5.56 Å². The number of carbonyl (C=O) groups is 1. The van der Waals surface area contributed by atoms with Crippen molar-refractivity contribution in [1.29, 1.82) is 0 Å². The van der Waals surface area contributed by atoms with Crippen LogP contribution in [0.25, 0.3) is 22.6 Å². The fourth-order valence-electron chi connectivity index (χ4n) is 4.23. The summed E-state index contributed by atoms with van der Waals surface area (Å²) in [5, 5.41) is 4.11. The Hall–Kier alpha value is -4.52. The van der Waals surface area contributed by atoms with Gasteiger partial charge in [-0.05, 0) is 41.4 Å². The van der Waals surface area contributed by atoms with Gasteiger partial charge in [0.05, 0.1) is 29.4 Å². The summed E-state index contributed by atoms with van der Waals surface area (Å²) in [4.78, 5) is 40.9. The van der Waals surface area contributed by atoms with Crippen molar-refractivity contribution >= 4 is 28.7 Å². The summed E-state index contributed by atoms with van der Waals surface area (Å²) < 4.78 is 48.2. The van der Waals surface area contributed by atoms with Crippen LogP contribution in [0.3, 0.4) is 0 Å². The molecule has 0 aliphatic carbocycles. The van der Waals surface area contributed by atoms with Gasteiger partial charge in [-0.3, -0.25) is 24.0 Å². The molecule has 14 heteroatoms. The third-order valence-electron chi connectivity index (χ3n) is 5.98. The number of hydrogen-bond donors (Lipinski definition) is 1. The van der Waals surface area contributed by atoms with Crippen LogP contribution in [0.1, 0.15) is 47.5 Å². The van der Waals surface area contributed by atoms with E-state index in [0.29, 0.717) is 24.0 Å². The molecule has 5 rings (SSSR count). The minimum Gasteiger partial charge on any atom is -0.438 e. The van der Waals surface area contributed by atoms with E-state index < -0.39 is 29.5 Å². The lowest BCUT2D eigenvalue weighted by Gasteiger charge is -2.21. The van der Waals surface area contributed by atoms with Gasteiger partial charge >= 0.3 is 12.1 Å². The number of carbonyl (C=O) groups excluding carboxylic acids is 1. The highest BCUT2D eigenvalue weighted by molar-refractivity contribution is 6.28. The van der Waals surface area contributed by atoms with Gasteiger partial charge in [-0.2, -0.15) is 23.3 Å². The lowest BCUT2D eigenvalue weighted by atomic mass is 10.1. The zero-order valence-electron chi connectivity index (χ0n) is 20.9. The quantitative estimate of drug-likeness (QED) is 0.199. The van der Waals surface area contributed by atoms with E-state index in [1.165, 1.54) is 33.9 Å². The molecule has 0 fully saturated rings. The van der Waals surface area contributed by atoms with Crippen molar-refractivity contribution in [2.45, 2.75) is 38.7 Å². The maximum atomic E-state index is 13.2. The number of rotatable bonds is 8. The Balaban J connectivity index is 1.56. The summed E-state index contributed by atoms with van der Waals surface area (Å²) >= 11 is 5.97. The number of esters is 1. The number of hydrogen-bond acceptors (Lipinski definition) is 7. The van der Waals surface area contributed by atoms with E-state index >= 15 is 0 Å². The van der Waals surface area contributed by atoms with Crippen LogP contribution in [0.15, 0.2) is 66.0 Å². The first kappa shape index (κ1) is 27.1. The Bertz CT molecular complexity index is 1730. The highest BCUT2D eigenvalue weighted by atomic mass is 35.5. The topological polar surface area (TPSA) is 121 Å². The van der Waals surface area contributed by atoms with Crippen LogP contribution in [-0.2, 0) is 17.5 Å². The van der Waals surface area contributed by atoms with Crippen LogP contribution in [0, 0.1) is 0 Å². The molecule has 0 aliphatic rings. The predicted molar refractivity (Wildman–Crippen MR) is 139 cm³/mol. The second kappa shape index (κ2) is 10.9. The van der Waals surface area contributed by atoms with Gasteiger partial charge in [0.25, 0.3) is 5.56 Å².